The van der Waals surface area contributed by atoms with Gasteiger partial charge >= 0.3 is 12.1 Å². The van der Waals surface area contributed by atoms with Crippen molar-refractivity contribution in [2.75, 3.05) is 7.11 Å². The van der Waals surface area contributed by atoms with Crippen molar-refractivity contribution >= 4 is 16.9 Å². The largest absolute Gasteiger partial charge is 0.480 e. The molecule has 0 bridgehead atoms. The number of nitrogens with one attached hydrogen (secondary N) is 1. The molecule has 1 aromatic heterocycles. The lowest BCUT2D eigenvalue weighted by Gasteiger charge is -2.14. The summed E-state index contributed by atoms with van der Waals surface area (Å²) in [6.45, 7) is 2.26. The first kappa shape index (κ1) is 20.9. The zero-order valence-corrected chi connectivity index (χ0v) is 16.0. The molecule has 154 valence electrons. The third-order valence-corrected chi connectivity index (χ3v) is 4.95. The Balaban J connectivity index is 1.98. The fourth-order valence-corrected chi connectivity index (χ4v) is 3.47. The second-order valence-corrected chi connectivity index (χ2v) is 6.78. The van der Waals surface area contributed by atoms with E-state index in [0.717, 1.165) is 39.9 Å². The Hall–Kier alpha value is -2.84. The van der Waals surface area contributed by atoms with Crippen LogP contribution in [0.1, 0.15) is 22.4 Å². The first-order chi connectivity index (χ1) is 13.7. The number of aromatic nitrogens is 1. The van der Waals surface area contributed by atoms with Crippen molar-refractivity contribution in [2.24, 2.45) is 0 Å². The van der Waals surface area contributed by atoms with Gasteiger partial charge in [-0.3, -0.25) is 4.79 Å². The highest BCUT2D eigenvalue weighted by Gasteiger charge is 2.30. The molecule has 29 heavy (non-hydrogen) atoms. The number of benzene rings is 2. The number of hydroxylamine groups is 1. The van der Waals surface area contributed by atoms with Crippen molar-refractivity contribution in [1.29, 1.82) is 0 Å². The van der Waals surface area contributed by atoms with E-state index in [2.05, 4.69) is 5.48 Å². The van der Waals surface area contributed by atoms with Crippen LogP contribution in [0.3, 0.4) is 0 Å². The SMILES string of the molecule is CON[C@@H](Cc1c(C)n(Cc2ccc(C(F)(F)F)cc2)c2ccccc12)C(=O)O. The minimum Gasteiger partial charge on any atom is -0.480 e. The molecule has 8 heteroatoms. The summed E-state index contributed by atoms with van der Waals surface area (Å²) < 4.78 is 40.4. The smallest absolute Gasteiger partial charge is 0.416 e. The zero-order chi connectivity index (χ0) is 21.2. The Morgan fingerprint density at radius 1 is 1.17 bits per heavy atom. The van der Waals surface area contributed by atoms with Gasteiger partial charge in [-0.2, -0.15) is 18.7 Å². The van der Waals surface area contributed by atoms with E-state index in [4.69, 9.17) is 4.84 Å². The number of carbonyl (C=O) groups is 1. The van der Waals surface area contributed by atoms with Crippen LogP contribution in [0.25, 0.3) is 10.9 Å². The lowest BCUT2D eigenvalue weighted by atomic mass is 10.0. The molecule has 1 heterocycles. The molecule has 0 unspecified atom stereocenters. The second kappa shape index (κ2) is 8.26. The molecule has 0 saturated heterocycles. The number of rotatable bonds is 7. The maximum Gasteiger partial charge on any atom is 0.416 e. The molecule has 0 amide bonds. The number of halogens is 3. The molecule has 1 atom stereocenters. The van der Waals surface area contributed by atoms with Crippen LogP contribution in [0.2, 0.25) is 0 Å². The average molecular weight is 406 g/mol. The molecule has 2 aromatic carbocycles. The van der Waals surface area contributed by atoms with Crippen LogP contribution in [0.15, 0.2) is 48.5 Å². The van der Waals surface area contributed by atoms with Crippen molar-refractivity contribution in [2.45, 2.75) is 32.1 Å². The highest BCUT2D eigenvalue weighted by Crippen LogP contribution is 2.31. The normalized spacial score (nSPS) is 13.0. The Morgan fingerprint density at radius 3 is 2.41 bits per heavy atom. The van der Waals surface area contributed by atoms with Crippen molar-refractivity contribution in [3.8, 4) is 0 Å². The predicted molar refractivity (Wildman–Crippen MR) is 102 cm³/mol. The number of hydrogen-bond acceptors (Lipinski definition) is 3. The van der Waals surface area contributed by atoms with Gasteiger partial charge in [-0.1, -0.05) is 30.3 Å². The van der Waals surface area contributed by atoms with E-state index < -0.39 is 23.8 Å². The molecule has 2 N–H and O–H groups in total. The Bertz CT molecular complexity index is 1010. The Morgan fingerprint density at radius 2 is 1.83 bits per heavy atom. The number of alkyl halides is 3. The first-order valence-electron chi connectivity index (χ1n) is 8.96. The lowest BCUT2D eigenvalue weighted by molar-refractivity contribution is -0.143. The topological polar surface area (TPSA) is 63.5 Å². The minimum absolute atomic E-state index is 0.204. The molecule has 0 saturated carbocycles. The van der Waals surface area contributed by atoms with Crippen LogP contribution < -0.4 is 5.48 Å². The van der Waals surface area contributed by atoms with Crippen molar-refractivity contribution < 1.29 is 27.9 Å². The van der Waals surface area contributed by atoms with Crippen LogP contribution in [-0.2, 0) is 28.8 Å². The fraction of sp³-hybridized carbons (Fsp3) is 0.286. The molecule has 3 rings (SSSR count). The predicted octanol–water partition coefficient (Wildman–Crippen LogP) is 4.16. The lowest BCUT2D eigenvalue weighted by Crippen LogP contribution is -2.37. The number of fused-ring (bicyclic) bond motifs is 1. The van der Waals surface area contributed by atoms with Gasteiger partial charge in [0.2, 0.25) is 0 Å². The number of nitrogens with zero attached hydrogens (tertiary/aromatic N) is 1. The van der Waals surface area contributed by atoms with Gasteiger partial charge in [-0.05, 0) is 36.2 Å². The van der Waals surface area contributed by atoms with E-state index in [-0.39, 0.29) is 6.42 Å². The van der Waals surface area contributed by atoms with Gasteiger partial charge in [0.25, 0.3) is 0 Å². The van der Waals surface area contributed by atoms with Gasteiger partial charge in [0.05, 0.1) is 12.7 Å². The second-order valence-electron chi connectivity index (χ2n) is 6.78. The quantitative estimate of drug-likeness (QED) is 0.579. The number of aliphatic carboxylic acids is 1. The minimum atomic E-state index is -4.37. The van der Waals surface area contributed by atoms with E-state index >= 15 is 0 Å². The van der Waals surface area contributed by atoms with E-state index in [1.54, 1.807) is 0 Å². The van der Waals surface area contributed by atoms with Crippen LogP contribution in [-0.4, -0.2) is 28.8 Å². The Labute approximate surface area is 165 Å². The molecule has 0 aliphatic heterocycles. The van der Waals surface area contributed by atoms with Crippen molar-refractivity contribution in [3.63, 3.8) is 0 Å². The monoisotopic (exact) mass is 406 g/mol. The van der Waals surface area contributed by atoms with Gasteiger partial charge in [0, 0.05) is 29.6 Å². The summed E-state index contributed by atoms with van der Waals surface area (Å²) in [5.74, 6) is -1.04. The maximum absolute atomic E-state index is 12.8. The van der Waals surface area contributed by atoms with E-state index in [0.29, 0.717) is 6.54 Å². The summed E-state index contributed by atoms with van der Waals surface area (Å²) in [6, 6.07) is 11.7. The number of carboxylic acids is 1. The van der Waals surface area contributed by atoms with Gasteiger partial charge in [-0.15, -0.1) is 0 Å². The molecular formula is C21H21F3N2O3. The van der Waals surface area contributed by atoms with E-state index in [9.17, 15) is 23.1 Å². The maximum atomic E-state index is 12.8. The van der Waals surface area contributed by atoms with E-state index in [1.165, 1.54) is 19.2 Å². The highest BCUT2D eigenvalue weighted by molar-refractivity contribution is 5.86. The third kappa shape index (κ3) is 4.44. The molecule has 5 nitrogen and oxygen atoms in total. The molecule has 0 radical (unpaired) electrons. The molecule has 0 spiro atoms. The molecule has 0 aliphatic carbocycles. The Kier molecular flexibility index (Phi) is 5.95. The molecule has 3 aromatic rings. The van der Waals surface area contributed by atoms with Crippen LogP contribution in [0.4, 0.5) is 13.2 Å². The van der Waals surface area contributed by atoms with Crippen LogP contribution >= 0.6 is 0 Å². The summed E-state index contributed by atoms with van der Waals surface area (Å²) in [5, 5.41) is 10.3. The molecular weight excluding hydrogens is 385 g/mol. The number of hydrogen-bond donors (Lipinski definition) is 2. The average Bonchev–Trinajstić information content (AvgIpc) is 2.93. The summed E-state index contributed by atoms with van der Waals surface area (Å²) in [4.78, 5) is 16.3. The number of para-hydroxylation sites is 1. The highest BCUT2D eigenvalue weighted by atomic mass is 19.4. The van der Waals surface area contributed by atoms with Crippen molar-refractivity contribution in [3.05, 3.63) is 70.9 Å². The van der Waals surface area contributed by atoms with Gasteiger partial charge < -0.3 is 14.5 Å². The van der Waals surface area contributed by atoms with Gasteiger partial charge in [-0.25, -0.2) is 0 Å². The molecule has 0 fully saturated rings. The standard InChI is InChI=1S/C21H21F3N2O3/c1-13-17(11-18(20(27)28)25-29-2)16-5-3-4-6-19(16)26(13)12-14-7-9-15(10-8-14)21(22,23)24/h3-10,18,25H,11-12H2,1-2H3,(H,27,28)/t18-/m0/s1. The van der Waals surface area contributed by atoms with Crippen LogP contribution in [0, 0.1) is 6.92 Å². The molecule has 0 aliphatic rings. The third-order valence-electron chi connectivity index (χ3n) is 4.95. The fourth-order valence-electron chi connectivity index (χ4n) is 3.47. The summed E-state index contributed by atoms with van der Waals surface area (Å²) in [5.41, 5.74) is 5.12. The first-order valence-corrected chi connectivity index (χ1v) is 8.96. The summed E-state index contributed by atoms with van der Waals surface area (Å²) in [6.07, 6.45) is -4.17. The van der Waals surface area contributed by atoms with Crippen molar-refractivity contribution in [1.82, 2.24) is 10.0 Å². The van der Waals surface area contributed by atoms with Crippen LogP contribution in [0.5, 0.6) is 0 Å². The van der Waals surface area contributed by atoms with Gasteiger partial charge in [0.15, 0.2) is 0 Å². The zero-order valence-electron chi connectivity index (χ0n) is 16.0. The van der Waals surface area contributed by atoms with E-state index in [1.807, 2.05) is 35.8 Å². The summed E-state index contributed by atoms with van der Waals surface area (Å²) in [7, 11) is 1.36. The number of carboxylic acid groups (broad SMARTS) is 1. The summed E-state index contributed by atoms with van der Waals surface area (Å²) >= 11 is 0. The van der Waals surface area contributed by atoms with Gasteiger partial charge in [0.1, 0.15) is 6.04 Å².